The minimum absolute atomic E-state index is 0.0554. The summed E-state index contributed by atoms with van der Waals surface area (Å²) in [5.41, 5.74) is 9.35. The molecule has 0 spiro atoms. The average Bonchev–Trinajstić information content (AvgIpc) is 3.06. The number of carbonyl (C=O) groups excluding carboxylic acids is 4. The first-order valence-corrected chi connectivity index (χ1v) is 16.7. The number of amides is 4. The first-order chi connectivity index (χ1) is 23.4. The molecule has 12 heteroatoms. The molecule has 0 aliphatic carbocycles. The van der Waals surface area contributed by atoms with Crippen molar-refractivity contribution in [1.82, 2.24) is 20.7 Å². The van der Waals surface area contributed by atoms with E-state index in [0.29, 0.717) is 38.9 Å². The van der Waals surface area contributed by atoms with Gasteiger partial charge >= 0.3 is 0 Å². The van der Waals surface area contributed by atoms with Crippen LogP contribution in [0.5, 0.6) is 0 Å². The number of nitrogens with two attached hydrogens (primary N) is 1. The van der Waals surface area contributed by atoms with Crippen LogP contribution in [0.2, 0.25) is 0 Å². The molecule has 0 saturated heterocycles. The summed E-state index contributed by atoms with van der Waals surface area (Å²) in [5.74, 6) is -3.91. The van der Waals surface area contributed by atoms with Gasteiger partial charge in [-0.15, -0.1) is 0 Å². The molecule has 0 aliphatic heterocycles. The van der Waals surface area contributed by atoms with Crippen LogP contribution in [0.25, 0.3) is 0 Å². The Hall–Kier alpha value is -4.68. The van der Waals surface area contributed by atoms with Gasteiger partial charge in [0, 0.05) is 48.9 Å². The Morgan fingerprint density at radius 2 is 1.41 bits per heavy atom. The quantitative estimate of drug-likeness (QED) is 0.138. The molecular formula is C37H47F2N5O5. The lowest BCUT2D eigenvalue weighted by molar-refractivity contribution is -0.126. The van der Waals surface area contributed by atoms with E-state index in [-0.39, 0.29) is 53.5 Å². The van der Waals surface area contributed by atoms with Gasteiger partial charge in [0.2, 0.25) is 11.8 Å². The highest BCUT2D eigenvalue weighted by atomic mass is 19.1. The zero-order chi connectivity index (χ0) is 35.9. The molecule has 49 heavy (non-hydrogen) atoms. The molecule has 2 unspecified atom stereocenters. The number of rotatable bonds is 19. The minimum atomic E-state index is -1.34. The molecule has 264 valence electrons. The maximum absolute atomic E-state index is 14.2. The predicted molar refractivity (Wildman–Crippen MR) is 184 cm³/mol. The molecule has 0 saturated carbocycles. The monoisotopic (exact) mass is 679 g/mol. The van der Waals surface area contributed by atoms with Crippen molar-refractivity contribution < 1.29 is 33.1 Å². The van der Waals surface area contributed by atoms with Gasteiger partial charge in [-0.25, -0.2) is 13.8 Å². The van der Waals surface area contributed by atoms with Crippen LogP contribution in [-0.2, 0) is 17.6 Å². The van der Waals surface area contributed by atoms with Crippen molar-refractivity contribution in [2.45, 2.75) is 71.4 Å². The Morgan fingerprint density at radius 3 is 2.00 bits per heavy atom. The van der Waals surface area contributed by atoms with E-state index in [0.717, 1.165) is 30.2 Å². The number of aliphatic hydroxyl groups is 1. The van der Waals surface area contributed by atoms with Gasteiger partial charge in [0.05, 0.1) is 18.6 Å². The second kappa shape index (κ2) is 19.4. The van der Waals surface area contributed by atoms with E-state index >= 15 is 0 Å². The van der Waals surface area contributed by atoms with Crippen molar-refractivity contribution >= 4 is 23.6 Å². The molecule has 0 radical (unpaired) electrons. The predicted octanol–water partition coefficient (Wildman–Crippen LogP) is 4.40. The Bertz CT molecular complexity index is 1550. The summed E-state index contributed by atoms with van der Waals surface area (Å²) in [6.45, 7) is 7.06. The number of halogens is 2. The van der Waals surface area contributed by atoms with Crippen molar-refractivity contribution in [3.05, 3.63) is 106 Å². The second-order valence-electron chi connectivity index (χ2n) is 12.1. The van der Waals surface area contributed by atoms with Crippen molar-refractivity contribution in [3.63, 3.8) is 0 Å². The molecule has 0 aromatic heterocycles. The molecular weight excluding hydrogens is 632 g/mol. The Labute approximate surface area is 286 Å². The van der Waals surface area contributed by atoms with Crippen molar-refractivity contribution in [2.75, 3.05) is 26.2 Å². The highest BCUT2D eigenvalue weighted by Crippen LogP contribution is 2.17. The summed E-state index contributed by atoms with van der Waals surface area (Å²) >= 11 is 0. The fourth-order valence-corrected chi connectivity index (χ4v) is 5.47. The van der Waals surface area contributed by atoms with Gasteiger partial charge in [-0.1, -0.05) is 57.5 Å². The first kappa shape index (κ1) is 38.8. The fraction of sp³-hybridized carbons (Fsp3) is 0.405. The topological polar surface area (TPSA) is 145 Å². The lowest BCUT2D eigenvalue weighted by Crippen LogP contribution is -2.53. The SMILES string of the molecule is CCCCN(CC(O)C(Cc1cc(F)cc(F)c1)NC(=O)c1cc(C(N)=O)cc(C(=O)N(CCC)CCC)c1)NC(=O)Cc1ccccc1. The van der Waals surface area contributed by atoms with E-state index in [9.17, 15) is 33.1 Å². The smallest absolute Gasteiger partial charge is 0.253 e. The number of nitrogens with zero attached hydrogens (tertiary/aromatic N) is 2. The summed E-state index contributed by atoms with van der Waals surface area (Å²) < 4.78 is 28.3. The van der Waals surface area contributed by atoms with E-state index in [1.807, 2.05) is 51.1 Å². The van der Waals surface area contributed by atoms with Crippen LogP contribution in [0.15, 0.2) is 66.7 Å². The molecule has 3 rings (SSSR count). The standard InChI is InChI=1S/C37H47F2N5O5/c1-4-7-15-44(42-34(46)19-25-11-9-8-10-12-25)24-33(45)32(18-26-16-30(38)23-31(39)17-26)41-36(48)28-20-27(35(40)47)21-29(22-28)37(49)43(13-5-2)14-6-3/h8-12,16-17,20-23,32-33,45H,4-7,13-15,18-19,24H2,1-3H3,(H2,40,47)(H,41,48)(H,42,46). The van der Waals surface area contributed by atoms with Crippen molar-refractivity contribution in [1.29, 1.82) is 0 Å². The number of nitrogens with one attached hydrogen (secondary N) is 2. The number of hydrogen-bond acceptors (Lipinski definition) is 6. The molecule has 0 heterocycles. The Balaban J connectivity index is 1.92. The lowest BCUT2D eigenvalue weighted by atomic mass is 9.99. The van der Waals surface area contributed by atoms with Crippen LogP contribution >= 0.6 is 0 Å². The van der Waals surface area contributed by atoms with Crippen molar-refractivity contribution in [3.8, 4) is 0 Å². The Morgan fingerprint density at radius 1 is 0.796 bits per heavy atom. The third-order valence-electron chi connectivity index (χ3n) is 7.84. The largest absolute Gasteiger partial charge is 0.390 e. The van der Waals surface area contributed by atoms with Crippen LogP contribution in [0, 0.1) is 11.6 Å². The van der Waals surface area contributed by atoms with Gasteiger partial charge in [0.1, 0.15) is 11.6 Å². The van der Waals surface area contributed by atoms with E-state index < -0.39 is 35.6 Å². The molecule has 5 N–H and O–H groups in total. The molecule has 3 aromatic carbocycles. The van der Waals surface area contributed by atoms with E-state index in [2.05, 4.69) is 10.7 Å². The number of unbranched alkanes of at least 4 members (excludes halogenated alkanes) is 1. The highest BCUT2D eigenvalue weighted by Gasteiger charge is 2.27. The first-order valence-electron chi connectivity index (χ1n) is 16.7. The third-order valence-corrected chi connectivity index (χ3v) is 7.84. The van der Waals surface area contributed by atoms with Crippen LogP contribution in [0.3, 0.4) is 0 Å². The van der Waals surface area contributed by atoms with Gasteiger partial charge < -0.3 is 21.1 Å². The van der Waals surface area contributed by atoms with E-state index in [4.69, 9.17) is 5.73 Å². The summed E-state index contributed by atoms with van der Waals surface area (Å²) in [4.78, 5) is 53.9. The van der Waals surface area contributed by atoms with E-state index in [1.54, 1.807) is 9.91 Å². The zero-order valence-electron chi connectivity index (χ0n) is 28.4. The number of primary amides is 1. The average molecular weight is 680 g/mol. The summed E-state index contributed by atoms with van der Waals surface area (Å²) in [6.07, 6.45) is 1.49. The molecule has 10 nitrogen and oxygen atoms in total. The van der Waals surface area contributed by atoms with Crippen LogP contribution in [0.1, 0.15) is 88.7 Å². The van der Waals surface area contributed by atoms with Crippen LogP contribution in [0.4, 0.5) is 8.78 Å². The van der Waals surface area contributed by atoms with Gasteiger partial charge in [0.15, 0.2) is 0 Å². The van der Waals surface area contributed by atoms with Gasteiger partial charge in [-0.3, -0.25) is 24.6 Å². The molecule has 0 aliphatic rings. The van der Waals surface area contributed by atoms with Gasteiger partial charge in [-0.2, -0.15) is 0 Å². The fourth-order valence-electron chi connectivity index (χ4n) is 5.47. The third kappa shape index (κ3) is 12.4. The van der Waals surface area contributed by atoms with Gasteiger partial charge in [0.25, 0.3) is 11.8 Å². The number of hydrogen-bond donors (Lipinski definition) is 4. The minimum Gasteiger partial charge on any atom is -0.390 e. The summed E-state index contributed by atoms with van der Waals surface area (Å²) in [7, 11) is 0. The van der Waals surface area contributed by atoms with Crippen LogP contribution < -0.4 is 16.5 Å². The molecule has 2 atom stereocenters. The number of carbonyl (C=O) groups is 4. The number of benzene rings is 3. The maximum Gasteiger partial charge on any atom is 0.253 e. The zero-order valence-corrected chi connectivity index (χ0v) is 28.4. The molecule has 0 bridgehead atoms. The second-order valence-corrected chi connectivity index (χ2v) is 12.1. The molecule has 3 aromatic rings. The van der Waals surface area contributed by atoms with Crippen LogP contribution in [-0.4, -0.2) is 77.0 Å². The summed E-state index contributed by atoms with van der Waals surface area (Å²) in [5, 5.41) is 15.8. The van der Waals surface area contributed by atoms with Crippen molar-refractivity contribution in [2.24, 2.45) is 5.73 Å². The van der Waals surface area contributed by atoms with Gasteiger partial charge in [-0.05, 0) is 67.1 Å². The lowest BCUT2D eigenvalue weighted by Gasteiger charge is -2.30. The maximum atomic E-state index is 14.2. The normalized spacial score (nSPS) is 12.3. The summed E-state index contributed by atoms with van der Waals surface area (Å²) in [6, 6.07) is 14.9. The molecule has 4 amide bonds. The van der Waals surface area contributed by atoms with E-state index in [1.165, 1.54) is 18.2 Å². The highest BCUT2D eigenvalue weighted by molar-refractivity contribution is 6.04. The number of hydrazine groups is 1. The molecule has 0 fully saturated rings. The number of aliphatic hydroxyl groups excluding tert-OH is 1. The Kier molecular flexibility index (Phi) is 15.3.